The second kappa shape index (κ2) is 10.4. The number of aliphatic hydroxyl groups excluding tert-OH is 1. The first-order chi connectivity index (χ1) is 17.5. The SMILES string of the molecule is Oc1cccc(-c2ccc(C3C(CCC(O)c4ccc(F)cc4)CNN3c3ccccc3)c(O)c2)c1. The highest BCUT2D eigenvalue weighted by atomic mass is 19.1. The van der Waals surface area contributed by atoms with Crippen molar-refractivity contribution < 1.29 is 19.7 Å². The van der Waals surface area contributed by atoms with E-state index < -0.39 is 6.10 Å². The van der Waals surface area contributed by atoms with Crippen molar-refractivity contribution in [1.82, 2.24) is 5.43 Å². The van der Waals surface area contributed by atoms with Gasteiger partial charge in [0.05, 0.1) is 17.8 Å². The molecule has 36 heavy (non-hydrogen) atoms. The summed E-state index contributed by atoms with van der Waals surface area (Å²) in [6.07, 6.45) is 0.519. The quantitative estimate of drug-likeness (QED) is 0.255. The highest BCUT2D eigenvalue weighted by Gasteiger charge is 2.37. The molecule has 0 spiro atoms. The van der Waals surface area contributed by atoms with Crippen molar-refractivity contribution in [2.75, 3.05) is 11.6 Å². The van der Waals surface area contributed by atoms with Gasteiger partial charge in [0, 0.05) is 12.1 Å². The normalized spacial score (nSPS) is 18.3. The Morgan fingerprint density at radius 3 is 2.33 bits per heavy atom. The van der Waals surface area contributed by atoms with Gasteiger partial charge in [-0.05, 0) is 77.9 Å². The van der Waals surface area contributed by atoms with E-state index >= 15 is 0 Å². The minimum Gasteiger partial charge on any atom is -0.508 e. The number of aliphatic hydroxyl groups is 1. The molecule has 1 saturated heterocycles. The molecule has 6 heteroatoms. The summed E-state index contributed by atoms with van der Waals surface area (Å²) < 4.78 is 13.3. The van der Waals surface area contributed by atoms with E-state index in [1.807, 2.05) is 48.5 Å². The molecule has 5 nitrogen and oxygen atoms in total. The van der Waals surface area contributed by atoms with Crippen LogP contribution in [-0.4, -0.2) is 21.9 Å². The summed E-state index contributed by atoms with van der Waals surface area (Å²) in [6.45, 7) is 0.684. The predicted molar refractivity (Wildman–Crippen MR) is 139 cm³/mol. The number of halogens is 1. The Kier molecular flexibility index (Phi) is 6.89. The molecule has 4 N–H and O–H groups in total. The van der Waals surface area contributed by atoms with Gasteiger partial charge in [-0.1, -0.05) is 54.6 Å². The molecule has 1 aliphatic rings. The van der Waals surface area contributed by atoms with Crippen LogP contribution in [0.1, 0.15) is 36.1 Å². The van der Waals surface area contributed by atoms with Gasteiger partial charge in [-0.15, -0.1) is 0 Å². The summed E-state index contributed by atoms with van der Waals surface area (Å²) in [5.74, 6) is 0.132. The highest BCUT2D eigenvalue weighted by Crippen LogP contribution is 2.43. The zero-order valence-electron chi connectivity index (χ0n) is 19.8. The number of nitrogens with one attached hydrogen (secondary N) is 1. The van der Waals surface area contributed by atoms with Gasteiger partial charge in [-0.2, -0.15) is 0 Å². The van der Waals surface area contributed by atoms with Crippen LogP contribution >= 0.6 is 0 Å². The highest BCUT2D eigenvalue weighted by molar-refractivity contribution is 5.68. The van der Waals surface area contributed by atoms with Crippen molar-refractivity contribution in [3.05, 3.63) is 114 Å². The van der Waals surface area contributed by atoms with Crippen molar-refractivity contribution in [3.63, 3.8) is 0 Å². The summed E-state index contributed by atoms with van der Waals surface area (Å²) in [5, 5.41) is 33.8. The third-order valence-electron chi connectivity index (χ3n) is 6.88. The Morgan fingerprint density at radius 1 is 0.861 bits per heavy atom. The van der Waals surface area contributed by atoms with E-state index in [1.54, 1.807) is 36.4 Å². The molecule has 1 heterocycles. The monoisotopic (exact) mass is 484 g/mol. The zero-order valence-corrected chi connectivity index (χ0v) is 19.8. The van der Waals surface area contributed by atoms with E-state index in [2.05, 4.69) is 10.4 Å². The number of aromatic hydroxyl groups is 2. The molecule has 3 unspecified atom stereocenters. The Hall–Kier alpha value is -3.87. The van der Waals surface area contributed by atoms with E-state index in [0.29, 0.717) is 24.9 Å². The number of anilines is 1. The van der Waals surface area contributed by atoms with Crippen LogP contribution in [0.4, 0.5) is 10.1 Å². The number of phenols is 2. The second-order valence-corrected chi connectivity index (χ2v) is 9.24. The van der Waals surface area contributed by atoms with E-state index in [0.717, 1.165) is 22.4 Å². The van der Waals surface area contributed by atoms with Crippen LogP contribution in [0.3, 0.4) is 0 Å². The lowest BCUT2D eigenvalue weighted by molar-refractivity contribution is 0.156. The number of phenolic OH excluding ortho intramolecular Hbond substituents is 2. The van der Waals surface area contributed by atoms with Crippen molar-refractivity contribution in [3.8, 4) is 22.6 Å². The third-order valence-corrected chi connectivity index (χ3v) is 6.88. The van der Waals surface area contributed by atoms with Gasteiger partial charge in [-0.25, -0.2) is 9.82 Å². The van der Waals surface area contributed by atoms with Gasteiger partial charge in [0.2, 0.25) is 0 Å². The lowest BCUT2D eigenvalue weighted by Crippen LogP contribution is -2.33. The van der Waals surface area contributed by atoms with Gasteiger partial charge in [-0.3, -0.25) is 0 Å². The largest absolute Gasteiger partial charge is 0.508 e. The molecule has 4 aromatic rings. The Bertz CT molecular complexity index is 1310. The molecule has 0 bridgehead atoms. The van der Waals surface area contributed by atoms with Crippen LogP contribution < -0.4 is 10.4 Å². The van der Waals surface area contributed by atoms with Crippen LogP contribution in [0, 0.1) is 11.7 Å². The Labute approximate surface area is 210 Å². The van der Waals surface area contributed by atoms with Crippen LogP contribution in [0.25, 0.3) is 11.1 Å². The topological polar surface area (TPSA) is 76.0 Å². The predicted octanol–water partition coefficient (Wildman–Crippen LogP) is 6.10. The Morgan fingerprint density at radius 2 is 1.61 bits per heavy atom. The summed E-state index contributed by atoms with van der Waals surface area (Å²) in [5.41, 5.74) is 7.58. The van der Waals surface area contributed by atoms with Gasteiger partial charge >= 0.3 is 0 Å². The number of hydrogen-bond acceptors (Lipinski definition) is 5. The number of hydrogen-bond donors (Lipinski definition) is 4. The van der Waals surface area contributed by atoms with Crippen LogP contribution in [-0.2, 0) is 0 Å². The summed E-state index contributed by atoms with van der Waals surface area (Å²) in [4.78, 5) is 0. The third kappa shape index (κ3) is 5.05. The zero-order chi connectivity index (χ0) is 25.1. The minimum atomic E-state index is -0.696. The molecule has 184 valence electrons. The molecule has 1 aliphatic heterocycles. The molecule has 4 aromatic carbocycles. The number of rotatable bonds is 7. The van der Waals surface area contributed by atoms with Crippen molar-refractivity contribution in [1.29, 1.82) is 0 Å². The maximum absolute atomic E-state index is 13.3. The Balaban J connectivity index is 1.42. The van der Waals surface area contributed by atoms with Crippen LogP contribution in [0.15, 0.2) is 97.1 Å². The summed E-state index contributed by atoms with van der Waals surface area (Å²) in [6, 6.07) is 28.3. The van der Waals surface area contributed by atoms with Gasteiger partial charge in [0.1, 0.15) is 17.3 Å². The molecule has 5 rings (SSSR count). The number of para-hydroxylation sites is 1. The first kappa shape index (κ1) is 23.9. The molecular weight excluding hydrogens is 455 g/mol. The fourth-order valence-electron chi connectivity index (χ4n) is 5.01. The molecule has 1 fully saturated rings. The molecular formula is C30H29FN2O3. The van der Waals surface area contributed by atoms with Crippen LogP contribution in [0.2, 0.25) is 0 Å². The molecule has 0 radical (unpaired) electrons. The molecule has 3 atom stereocenters. The number of benzene rings is 4. The van der Waals surface area contributed by atoms with E-state index in [-0.39, 0.29) is 29.3 Å². The maximum atomic E-state index is 13.3. The first-order valence-electron chi connectivity index (χ1n) is 12.1. The second-order valence-electron chi connectivity index (χ2n) is 9.24. The van der Waals surface area contributed by atoms with Crippen LogP contribution in [0.5, 0.6) is 11.5 Å². The van der Waals surface area contributed by atoms with E-state index in [9.17, 15) is 19.7 Å². The summed E-state index contributed by atoms with van der Waals surface area (Å²) >= 11 is 0. The molecule has 0 saturated carbocycles. The maximum Gasteiger partial charge on any atom is 0.123 e. The van der Waals surface area contributed by atoms with Crippen molar-refractivity contribution >= 4 is 5.69 Å². The molecule has 0 aliphatic carbocycles. The summed E-state index contributed by atoms with van der Waals surface area (Å²) in [7, 11) is 0. The average Bonchev–Trinajstić information content (AvgIpc) is 3.32. The number of nitrogens with zero attached hydrogens (tertiary/aromatic N) is 1. The van der Waals surface area contributed by atoms with Crippen molar-refractivity contribution in [2.45, 2.75) is 25.0 Å². The fraction of sp³-hybridized carbons (Fsp3) is 0.200. The van der Waals surface area contributed by atoms with Gasteiger partial charge in [0.25, 0.3) is 0 Å². The minimum absolute atomic E-state index is 0.109. The molecule has 0 amide bonds. The van der Waals surface area contributed by atoms with E-state index in [1.165, 1.54) is 12.1 Å². The standard InChI is InChI=1S/C30H29FN2O3/c31-24-13-9-20(10-14-24)28(35)16-12-23-19-32-33(25-6-2-1-3-7-25)30(23)27-15-11-22(18-29(27)36)21-5-4-8-26(34)17-21/h1-11,13-15,17-18,23,28,30,32,34-36H,12,16,19H2. The van der Waals surface area contributed by atoms with Gasteiger partial charge < -0.3 is 20.3 Å². The lowest BCUT2D eigenvalue weighted by Gasteiger charge is -2.30. The van der Waals surface area contributed by atoms with E-state index in [4.69, 9.17) is 0 Å². The first-order valence-corrected chi connectivity index (χ1v) is 12.1. The number of hydrazine groups is 1. The van der Waals surface area contributed by atoms with Gasteiger partial charge in [0.15, 0.2) is 0 Å². The smallest absolute Gasteiger partial charge is 0.123 e. The molecule has 0 aromatic heterocycles. The lowest BCUT2D eigenvalue weighted by atomic mass is 9.87. The average molecular weight is 485 g/mol. The van der Waals surface area contributed by atoms with Crippen molar-refractivity contribution in [2.24, 2.45) is 5.92 Å². The fourth-order valence-corrected chi connectivity index (χ4v) is 5.01.